The number of phenolic OH excluding ortho intramolecular Hbond substituents is 1. The Morgan fingerprint density at radius 1 is 1.20 bits per heavy atom. The van der Waals surface area contributed by atoms with E-state index in [4.69, 9.17) is 16.3 Å². The van der Waals surface area contributed by atoms with Gasteiger partial charge in [-0.05, 0) is 30.7 Å². The van der Waals surface area contributed by atoms with Crippen LogP contribution in [-0.4, -0.2) is 11.7 Å². The van der Waals surface area contributed by atoms with Gasteiger partial charge >= 0.3 is 0 Å². The molecule has 20 heavy (non-hydrogen) atoms. The second-order valence-electron chi connectivity index (χ2n) is 4.47. The number of hydrogen-bond acceptors (Lipinski definition) is 3. The maximum atomic E-state index is 9.79. The summed E-state index contributed by atoms with van der Waals surface area (Å²) in [5.41, 5.74) is 1.62. The first-order valence-corrected chi connectivity index (χ1v) is 7.01. The zero-order valence-corrected chi connectivity index (χ0v) is 12.2. The van der Waals surface area contributed by atoms with Gasteiger partial charge in [-0.2, -0.15) is 0 Å². The first kappa shape index (κ1) is 14.5. The molecule has 0 aliphatic heterocycles. The topological polar surface area (TPSA) is 41.5 Å². The van der Waals surface area contributed by atoms with Crippen molar-refractivity contribution in [1.29, 1.82) is 0 Å². The lowest BCUT2D eigenvalue weighted by Crippen LogP contribution is -2.01. The Morgan fingerprint density at radius 2 is 2.00 bits per heavy atom. The Morgan fingerprint density at radius 3 is 2.75 bits per heavy atom. The van der Waals surface area contributed by atoms with Gasteiger partial charge < -0.3 is 15.2 Å². The van der Waals surface area contributed by atoms with Crippen molar-refractivity contribution in [2.75, 3.05) is 11.9 Å². The molecule has 4 heteroatoms. The Bertz CT molecular complexity index is 552. The molecular formula is C16H18ClNO2. The molecule has 0 heterocycles. The molecule has 2 rings (SSSR count). The van der Waals surface area contributed by atoms with Gasteiger partial charge in [0.2, 0.25) is 0 Å². The third-order valence-electron chi connectivity index (χ3n) is 2.87. The molecule has 0 fully saturated rings. The van der Waals surface area contributed by atoms with Crippen LogP contribution < -0.4 is 10.1 Å². The number of benzene rings is 2. The van der Waals surface area contributed by atoms with Crippen molar-refractivity contribution >= 4 is 17.3 Å². The molecule has 0 bridgehead atoms. The highest BCUT2D eigenvalue weighted by Crippen LogP contribution is 2.26. The van der Waals surface area contributed by atoms with Gasteiger partial charge in [-0.15, -0.1) is 0 Å². The molecule has 0 atom stereocenters. The van der Waals surface area contributed by atoms with E-state index >= 15 is 0 Å². The zero-order chi connectivity index (χ0) is 14.4. The van der Waals surface area contributed by atoms with Crippen LogP contribution in [0.25, 0.3) is 0 Å². The van der Waals surface area contributed by atoms with Crippen LogP contribution in [0.2, 0.25) is 5.02 Å². The van der Waals surface area contributed by atoms with Crippen LogP contribution in [-0.2, 0) is 6.54 Å². The molecule has 3 nitrogen and oxygen atoms in total. The van der Waals surface area contributed by atoms with Gasteiger partial charge in [0.15, 0.2) is 0 Å². The minimum Gasteiger partial charge on any atom is -0.508 e. The highest BCUT2D eigenvalue weighted by Gasteiger charge is 2.05. The van der Waals surface area contributed by atoms with E-state index in [0.29, 0.717) is 23.7 Å². The maximum absolute atomic E-state index is 9.79. The summed E-state index contributed by atoms with van der Waals surface area (Å²) in [4.78, 5) is 0. The second kappa shape index (κ2) is 7.06. The van der Waals surface area contributed by atoms with Gasteiger partial charge in [0.05, 0.1) is 6.61 Å². The van der Waals surface area contributed by atoms with E-state index in [9.17, 15) is 5.11 Å². The van der Waals surface area contributed by atoms with Gasteiger partial charge in [-0.1, -0.05) is 30.7 Å². The zero-order valence-electron chi connectivity index (χ0n) is 11.4. The summed E-state index contributed by atoms with van der Waals surface area (Å²) in [6, 6.07) is 12.9. The fourth-order valence-corrected chi connectivity index (χ4v) is 2.06. The van der Waals surface area contributed by atoms with Crippen molar-refractivity contribution in [2.45, 2.75) is 19.9 Å². The number of ether oxygens (including phenoxy) is 1. The average Bonchev–Trinajstić information content (AvgIpc) is 2.45. The van der Waals surface area contributed by atoms with Crippen molar-refractivity contribution < 1.29 is 9.84 Å². The van der Waals surface area contributed by atoms with Crippen LogP contribution in [0.4, 0.5) is 5.69 Å². The fourth-order valence-electron chi connectivity index (χ4n) is 1.83. The van der Waals surface area contributed by atoms with Crippen LogP contribution in [0.5, 0.6) is 11.5 Å². The smallest absolute Gasteiger partial charge is 0.122 e. The summed E-state index contributed by atoms with van der Waals surface area (Å²) in [7, 11) is 0. The van der Waals surface area contributed by atoms with Crippen molar-refractivity contribution in [3.8, 4) is 11.5 Å². The van der Waals surface area contributed by atoms with Crippen LogP contribution in [0.15, 0.2) is 42.5 Å². The molecule has 0 amide bonds. The molecule has 0 radical (unpaired) electrons. The summed E-state index contributed by atoms with van der Waals surface area (Å²) >= 11 is 6.07. The standard InChI is InChI=1S/C16H18ClNO2/c1-2-9-20-13-6-3-5-12(10-13)18-11-14-15(17)7-4-8-16(14)19/h3-8,10,18-19H,2,9,11H2,1H3. The minimum absolute atomic E-state index is 0.198. The number of anilines is 1. The number of phenols is 1. The van der Waals surface area contributed by atoms with E-state index in [-0.39, 0.29) is 5.75 Å². The lowest BCUT2D eigenvalue weighted by Gasteiger charge is -2.11. The van der Waals surface area contributed by atoms with Crippen molar-refractivity contribution in [3.05, 3.63) is 53.1 Å². The van der Waals surface area contributed by atoms with E-state index in [1.165, 1.54) is 0 Å². The molecule has 0 spiro atoms. The van der Waals surface area contributed by atoms with Crippen LogP contribution in [0.3, 0.4) is 0 Å². The first-order valence-electron chi connectivity index (χ1n) is 6.63. The predicted molar refractivity (Wildman–Crippen MR) is 82.7 cm³/mol. The summed E-state index contributed by atoms with van der Waals surface area (Å²) in [6.07, 6.45) is 0.977. The molecule has 2 N–H and O–H groups in total. The quantitative estimate of drug-likeness (QED) is 0.826. The van der Waals surface area contributed by atoms with E-state index in [1.54, 1.807) is 18.2 Å². The Hall–Kier alpha value is -1.87. The highest BCUT2D eigenvalue weighted by molar-refractivity contribution is 6.31. The van der Waals surface area contributed by atoms with E-state index in [2.05, 4.69) is 12.2 Å². The molecule has 0 aliphatic rings. The van der Waals surface area contributed by atoms with Crippen LogP contribution >= 0.6 is 11.6 Å². The predicted octanol–water partition coefficient (Wildman–Crippen LogP) is 4.45. The number of rotatable bonds is 6. The SMILES string of the molecule is CCCOc1cccc(NCc2c(O)cccc2Cl)c1. The van der Waals surface area contributed by atoms with Gasteiger partial charge in [0.25, 0.3) is 0 Å². The van der Waals surface area contributed by atoms with Crippen molar-refractivity contribution in [2.24, 2.45) is 0 Å². The van der Waals surface area contributed by atoms with Crippen LogP contribution in [0, 0.1) is 0 Å². The van der Waals surface area contributed by atoms with Crippen molar-refractivity contribution in [3.63, 3.8) is 0 Å². The molecule has 0 unspecified atom stereocenters. The monoisotopic (exact) mass is 291 g/mol. The Labute approximate surface area is 124 Å². The Balaban J connectivity index is 2.03. The maximum Gasteiger partial charge on any atom is 0.122 e. The van der Waals surface area contributed by atoms with Gasteiger partial charge in [-0.3, -0.25) is 0 Å². The molecule has 0 saturated carbocycles. The molecule has 0 aliphatic carbocycles. The molecule has 2 aromatic rings. The summed E-state index contributed by atoms with van der Waals surface area (Å²) < 4.78 is 5.58. The lowest BCUT2D eigenvalue weighted by atomic mass is 10.2. The number of aromatic hydroxyl groups is 1. The normalized spacial score (nSPS) is 10.3. The van der Waals surface area contributed by atoms with Crippen molar-refractivity contribution in [1.82, 2.24) is 0 Å². The van der Waals surface area contributed by atoms with Gasteiger partial charge in [-0.25, -0.2) is 0 Å². The second-order valence-corrected chi connectivity index (χ2v) is 4.87. The minimum atomic E-state index is 0.198. The molecular weight excluding hydrogens is 274 g/mol. The molecule has 2 aromatic carbocycles. The van der Waals surface area contributed by atoms with E-state index in [0.717, 1.165) is 17.9 Å². The fraction of sp³-hybridized carbons (Fsp3) is 0.250. The summed E-state index contributed by atoms with van der Waals surface area (Å²) in [6.45, 7) is 3.24. The van der Waals surface area contributed by atoms with Crippen LogP contribution in [0.1, 0.15) is 18.9 Å². The molecule has 0 aromatic heterocycles. The van der Waals surface area contributed by atoms with Gasteiger partial charge in [0.1, 0.15) is 11.5 Å². The number of halogens is 1. The lowest BCUT2D eigenvalue weighted by molar-refractivity contribution is 0.317. The summed E-state index contributed by atoms with van der Waals surface area (Å²) in [5, 5.41) is 13.6. The highest BCUT2D eigenvalue weighted by atomic mass is 35.5. The Kier molecular flexibility index (Phi) is 5.13. The molecule has 0 saturated heterocycles. The third-order valence-corrected chi connectivity index (χ3v) is 3.22. The van der Waals surface area contributed by atoms with Gasteiger partial charge in [0, 0.05) is 28.9 Å². The molecule has 106 valence electrons. The third kappa shape index (κ3) is 3.81. The number of hydrogen-bond donors (Lipinski definition) is 2. The number of nitrogens with one attached hydrogen (secondary N) is 1. The largest absolute Gasteiger partial charge is 0.508 e. The van der Waals surface area contributed by atoms with E-state index < -0.39 is 0 Å². The summed E-state index contributed by atoms with van der Waals surface area (Å²) in [5.74, 6) is 1.03. The van der Waals surface area contributed by atoms with E-state index in [1.807, 2.05) is 24.3 Å². The average molecular weight is 292 g/mol. The first-order chi connectivity index (χ1) is 9.70.